The maximum absolute atomic E-state index is 14.2. The fourth-order valence-electron chi connectivity index (χ4n) is 5.54. The summed E-state index contributed by atoms with van der Waals surface area (Å²) in [5.74, 6) is -1.97. The minimum Gasteiger partial charge on any atom is -0.480 e. The van der Waals surface area contributed by atoms with Crippen molar-refractivity contribution in [3.05, 3.63) is 117 Å². The van der Waals surface area contributed by atoms with E-state index in [0.29, 0.717) is 11.6 Å². The van der Waals surface area contributed by atoms with Gasteiger partial charge >= 0.3 is 5.97 Å². The van der Waals surface area contributed by atoms with Gasteiger partial charge in [0.2, 0.25) is 5.91 Å². The maximum atomic E-state index is 14.2. The highest BCUT2D eigenvalue weighted by molar-refractivity contribution is 6.30. The Morgan fingerprint density at radius 2 is 1.68 bits per heavy atom. The largest absolute Gasteiger partial charge is 0.480 e. The zero-order valence-corrected chi connectivity index (χ0v) is 23.9. The number of hydrogen-bond donors (Lipinski definition) is 1. The van der Waals surface area contributed by atoms with Gasteiger partial charge in [-0.15, -0.1) is 0 Å². The van der Waals surface area contributed by atoms with Crippen molar-refractivity contribution in [1.82, 2.24) is 14.5 Å². The molecule has 0 saturated carbocycles. The van der Waals surface area contributed by atoms with Crippen LogP contribution in [0.2, 0.25) is 5.02 Å². The van der Waals surface area contributed by atoms with Gasteiger partial charge in [-0.25, -0.2) is 9.78 Å². The van der Waals surface area contributed by atoms with Gasteiger partial charge < -0.3 is 19.5 Å². The molecule has 0 bridgehead atoms. The van der Waals surface area contributed by atoms with Gasteiger partial charge in [-0.05, 0) is 54.3 Å². The summed E-state index contributed by atoms with van der Waals surface area (Å²) < 4.78 is 2.01. The topological polar surface area (TPSA) is 78.7 Å². The van der Waals surface area contributed by atoms with Crippen molar-refractivity contribution in [3.8, 4) is 0 Å². The Morgan fingerprint density at radius 1 is 1.02 bits per heavy atom. The van der Waals surface area contributed by atoms with Crippen LogP contribution >= 0.6 is 11.6 Å². The molecule has 8 heteroatoms. The summed E-state index contributed by atoms with van der Waals surface area (Å²) in [6.45, 7) is 4.78. The van der Waals surface area contributed by atoms with E-state index in [1.807, 2.05) is 62.0 Å². The SMILES string of the molecule is Cc1ccc(C(C(=O)N2Cc3ncn(Cc4ccc(N(C)C)c(C)c4)c3CC2C(=O)O)c2ccc(Cl)cc2)cc1. The molecular weight excluding hydrogens is 524 g/mol. The molecule has 40 heavy (non-hydrogen) atoms. The molecule has 0 saturated heterocycles. The van der Waals surface area contributed by atoms with E-state index in [4.69, 9.17) is 11.6 Å². The van der Waals surface area contributed by atoms with Crippen LogP contribution in [0.25, 0.3) is 0 Å². The standard InChI is InChI=1S/C32H33ClN4O3/c1-20-5-8-23(9-6-20)30(24-10-12-25(33)13-11-24)31(38)37-18-26-28(16-29(37)32(39)40)36(19-34-26)17-22-7-14-27(35(3)4)21(2)15-22/h5-15,19,29-30H,16-18H2,1-4H3,(H,39,40). The number of carbonyl (C=O) groups is 2. The molecule has 206 valence electrons. The average molecular weight is 557 g/mol. The lowest BCUT2D eigenvalue weighted by Crippen LogP contribution is -2.50. The molecule has 2 atom stereocenters. The molecule has 1 aliphatic heterocycles. The normalized spacial score (nSPS) is 15.4. The highest BCUT2D eigenvalue weighted by Gasteiger charge is 2.40. The van der Waals surface area contributed by atoms with Gasteiger partial charge in [0, 0.05) is 43.5 Å². The zero-order valence-electron chi connectivity index (χ0n) is 23.1. The predicted octanol–water partition coefficient (Wildman–Crippen LogP) is 5.44. The van der Waals surface area contributed by atoms with Crippen molar-refractivity contribution in [2.45, 2.75) is 45.3 Å². The summed E-state index contributed by atoms with van der Waals surface area (Å²) in [5.41, 5.74) is 7.65. The average Bonchev–Trinajstić information content (AvgIpc) is 3.31. The Morgan fingerprint density at radius 3 is 2.27 bits per heavy atom. The fourth-order valence-corrected chi connectivity index (χ4v) is 5.67. The first-order chi connectivity index (χ1) is 19.1. The summed E-state index contributed by atoms with van der Waals surface area (Å²) in [6.07, 6.45) is 1.94. The van der Waals surface area contributed by atoms with Gasteiger partial charge in [-0.3, -0.25) is 4.79 Å². The van der Waals surface area contributed by atoms with Crippen molar-refractivity contribution in [3.63, 3.8) is 0 Å². The molecule has 0 aliphatic carbocycles. The van der Waals surface area contributed by atoms with Crippen LogP contribution in [0.5, 0.6) is 0 Å². The van der Waals surface area contributed by atoms with E-state index in [9.17, 15) is 14.7 Å². The molecule has 7 nitrogen and oxygen atoms in total. The number of amides is 1. The number of fused-ring (bicyclic) bond motifs is 1. The van der Waals surface area contributed by atoms with E-state index < -0.39 is 17.9 Å². The van der Waals surface area contributed by atoms with Crippen LogP contribution in [0.15, 0.2) is 73.1 Å². The lowest BCUT2D eigenvalue weighted by Gasteiger charge is -2.35. The van der Waals surface area contributed by atoms with Crippen LogP contribution in [0.1, 0.15) is 45.1 Å². The Hall–Kier alpha value is -4.10. The maximum Gasteiger partial charge on any atom is 0.326 e. The second-order valence-electron chi connectivity index (χ2n) is 10.7. The van der Waals surface area contributed by atoms with Crippen molar-refractivity contribution >= 4 is 29.2 Å². The molecule has 5 rings (SSSR count). The summed E-state index contributed by atoms with van der Waals surface area (Å²) in [6, 6.07) is 20.3. The first kappa shape index (κ1) is 27.5. The quantitative estimate of drug-likeness (QED) is 0.328. The van der Waals surface area contributed by atoms with Crippen LogP contribution < -0.4 is 4.90 Å². The van der Waals surface area contributed by atoms with Gasteiger partial charge in [-0.1, -0.05) is 65.7 Å². The number of benzene rings is 3. The highest BCUT2D eigenvalue weighted by atomic mass is 35.5. The Balaban J connectivity index is 1.47. The lowest BCUT2D eigenvalue weighted by atomic mass is 9.88. The summed E-state index contributed by atoms with van der Waals surface area (Å²) in [5, 5.41) is 10.8. The van der Waals surface area contributed by atoms with Gasteiger partial charge in [0.1, 0.15) is 6.04 Å². The molecule has 1 aromatic heterocycles. The van der Waals surface area contributed by atoms with E-state index in [-0.39, 0.29) is 18.9 Å². The smallest absolute Gasteiger partial charge is 0.326 e. The number of nitrogens with zero attached hydrogens (tertiary/aromatic N) is 4. The Kier molecular flexibility index (Phi) is 7.68. The van der Waals surface area contributed by atoms with Crippen LogP contribution in [-0.4, -0.2) is 51.6 Å². The van der Waals surface area contributed by atoms with Gasteiger partial charge in [0.05, 0.1) is 24.5 Å². The van der Waals surface area contributed by atoms with Crippen molar-refractivity contribution in [2.24, 2.45) is 0 Å². The number of carboxylic acids is 1. The number of imidazole rings is 1. The first-order valence-electron chi connectivity index (χ1n) is 13.3. The molecule has 1 N–H and O–H groups in total. The molecule has 2 unspecified atom stereocenters. The fraction of sp³-hybridized carbons (Fsp3) is 0.281. The third-order valence-corrected chi connectivity index (χ3v) is 7.89. The molecule has 0 fully saturated rings. The summed E-state index contributed by atoms with van der Waals surface area (Å²) in [7, 11) is 4.04. The van der Waals surface area contributed by atoms with Crippen LogP contribution in [0, 0.1) is 13.8 Å². The molecule has 2 heterocycles. The molecule has 0 radical (unpaired) electrons. The molecule has 3 aromatic carbocycles. The number of anilines is 1. The number of rotatable bonds is 7. The van der Waals surface area contributed by atoms with Crippen molar-refractivity contribution in [1.29, 1.82) is 0 Å². The number of carbonyl (C=O) groups excluding carboxylic acids is 1. The molecule has 4 aromatic rings. The first-order valence-corrected chi connectivity index (χ1v) is 13.6. The number of aromatic nitrogens is 2. The number of halogens is 1. The second-order valence-corrected chi connectivity index (χ2v) is 11.1. The number of aliphatic carboxylic acids is 1. The second kappa shape index (κ2) is 11.2. The van der Waals surface area contributed by atoms with E-state index in [0.717, 1.165) is 39.3 Å². The van der Waals surface area contributed by atoms with Crippen LogP contribution in [0.4, 0.5) is 5.69 Å². The van der Waals surface area contributed by atoms with E-state index in [2.05, 4.69) is 35.0 Å². The lowest BCUT2D eigenvalue weighted by molar-refractivity contribution is -0.151. The molecule has 0 spiro atoms. The number of carboxylic acid groups (broad SMARTS) is 1. The molecular formula is C32H33ClN4O3. The highest BCUT2D eigenvalue weighted by Crippen LogP contribution is 2.33. The van der Waals surface area contributed by atoms with Crippen LogP contribution in [-0.2, 0) is 29.1 Å². The summed E-state index contributed by atoms with van der Waals surface area (Å²) in [4.78, 5) is 34.9. The predicted molar refractivity (Wildman–Crippen MR) is 157 cm³/mol. The minimum atomic E-state index is -1.03. The Bertz CT molecular complexity index is 1500. The van der Waals surface area contributed by atoms with Gasteiger partial charge in [-0.2, -0.15) is 0 Å². The number of hydrogen-bond acceptors (Lipinski definition) is 4. The number of aryl methyl sites for hydroxylation is 2. The molecule has 1 amide bonds. The van der Waals surface area contributed by atoms with Crippen molar-refractivity contribution < 1.29 is 14.7 Å². The van der Waals surface area contributed by atoms with Gasteiger partial charge in [0.25, 0.3) is 0 Å². The van der Waals surface area contributed by atoms with E-state index >= 15 is 0 Å². The molecule has 1 aliphatic rings. The van der Waals surface area contributed by atoms with Crippen molar-refractivity contribution in [2.75, 3.05) is 19.0 Å². The van der Waals surface area contributed by atoms with Crippen LogP contribution in [0.3, 0.4) is 0 Å². The Labute approximate surface area is 239 Å². The van der Waals surface area contributed by atoms with Gasteiger partial charge in [0.15, 0.2) is 0 Å². The third kappa shape index (κ3) is 5.47. The minimum absolute atomic E-state index is 0.132. The van der Waals surface area contributed by atoms with E-state index in [1.54, 1.807) is 18.5 Å². The summed E-state index contributed by atoms with van der Waals surface area (Å²) >= 11 is 6.14. The zero-order chi connectivity index (χ0) is 28.6. The third-order valence-electron chi connectivity index (χ3n) is 7.64. The van der Waals surface area contributed by atoms with E-state index in [1.165, 1.54) is 10.5 Å². The monoisotopic (exact) mass is 556 g/mol.